The molecule has 20 heavy (non-hydrogen) atoms. The fourth-order valence-corrected chi connectivity index (χ4v) is 2.50. The third-order valence-corrected chi connectivity index (χ3v) is 4.06. The van der Waals surface area contributed by atoms with Crippen molar-refractivity contribution in [3.05, 3.63) is 35.9 Å². The van der Waals surface area contributed by atoms with Gasteiger partial charge in [0.25, 0.3) is 0 Å². The Kier molecular flexibility index (Phi) is 5.62. The molecule has 1 fully saturated rings. The van der Waals surface area contributed by atoms with Crippen LogP contribution in [0, 0.1) is 5.92 Å². The molecule has 2 rings (SSSR count). The first-order valence-electron chi connectivity index (χ1n) is 7.96. The molecular formula is C18H29NO. The highest BCUT2D eigenvalue weighted by Crippen LogP contribution is 2.30. The lowest BCUT2D eigenvalue weighted by Crippen LogP contribution is -2.39. The van der Waals surface area contributed by atoms with E-state index in [1.807, 2.05) is 0 Å². The van der Waals surface area contributed by atoms with Crippen LogP contribution in [0.4, 0.5) is 0 Å². The maximum atomic E-state index is 6.17. The van der Waals surface area contributed by atoms with Crippen molar-refractivity contribution in [2.24, 2.45) is 5.92 Å². The van der Waals surface area contributed by atoms with E-state index < -0.39 is 0 Å². The Balaban J connectivity index is 1.85. The summed E-state index contributed by atoms with van der Waals surface area (Å²) in [7, 11) is 0. The average molecular weight is 275 g/mol. The van der Waals surface area contributed by atoms with Crippen molar-refractivity contribution in [2.45, 2.75) is 58.1 Å². The van der Waals surface area contributed by atoms with Crippen molar-refractivity contribution in [3.8, 4) is 0 Å². The van der Waals surface area contributed by atoms with Gasteiger partial charge in [-0.15, -0.1) is 0 Å². The van der Waals surface area contributed by atoms with E-state index in [-0.39, 0.29) is 11.6 Å². The summed E-state index contributed by atoms with van der Waals surface area (Å²) in [5, 5.41) is 3.56. The molecule has 0 bridgehead atoms. The highest BCUT2D eigenvalue weighted by molar-refractivity contribution is 5.18. The molecule has 1 aromatic carbocycles. The normalized spacial score (nSPS) is 17.8. The maximum Gasteiger partial charge on any atom is 0.0949 e. The van der Waals surface area contributed by atoms with Crippen molar-refractivity contribution in [1.82, 2.24) is 5.32 Å². The third-order valence-electron chi connectivity index (χ3n) is 4.06. The molecular weight excluding hydrogens is 246 g/mol. The van der Waals surface area contributed by atoms with Crippen molar-refractivity contribution in [3.63, 3.8) is 0 Å². The van der Waals surface area contributed by atoms with Gasteiger partial charge >= 0.3 is 0 Å². The molecule has 0 aliphatic heterocycles. The largest absolute Gasteiger partial charge is 0.372 e. The fraction of sp³-hybridized carbons (Fsp3) is 0.667. The summed E-state index contributed by atoms with van der Waals surface area (Å²) in [6, 6.07) is 10.6. The Morgan fingerprint density at radius 2 is 1.90 bits per heavy atom. The zero-order valence-electron chi connectivity index (χ0n) is 13.2. The second-order valence-corrected chi connectivity index (χ2v) is 6.99. The SMILES string of the molecule is CC(C)(C)NCC(OCCC1CCC1)c1ccccc1. The Labute approximate surface area is 123 Å². The van der Waals surface area contributed by atoms with E-state index in [1.165, 1.54) is 31.2 Å². The van der Waals surface area contributed by atoms with E-state index in [1.54, 1.807) is 0 Å². The molecule has 0 radical (unpaired) electrons. The second-order valence-electron chi connectivity index (χ2n) is 6.99. The van der Waals surface area contributed by atoms with Crippen molar-refractivity contribution < 1.29 is 4.74 Å². The van der Waals surface area contributed by atoms with E-state index in [2.05, 4.69) is 56.4 Å². The van der Waals surface area contributed by atoms with Gasteiger partial charge in [0.15, 0.2) is 0 Å². The molecule has 1 N–H and O–H groups in total. The van der Waals surface area contributed by atoms with Crippen LogP contribution in [0.5, 0.6) is 0 Å². The summed E-state index contributed by atoms with van der Waals surface area (Å²) in [5.41, 5.74) is 1.41. The second kappa shape index (κ2) is 7.24. The summed E-state index contributed by atoms with van der Waals surface area (Å²) >= 11 is 0. The van der Waals surface area contributed by atoms with E-state index in [9.17, 15) is 0 Å². The van der Waals surface area contributed by atoms with Gasteiger partial charge in [0.2, 0.25) is 0 Å². The number of benzene rings is 1. The first kappa shape index (κ1) is 15.5. The fourth-order valence-electron chi connectivity index (χ4n) is 2.50. The molecule has 112 valence electrons. The van der Waals surface area contributed by atoms with Gasteiger partial charge in [-0.05, 0) is 38.7 Å². The number of rotatable bonds is 7. The summed E-state index contributed by atoms with van der Waals surface area (Å²) < 4.78 is 6.17. The summed E-state index contributed by atoms with van der Waals surface area (Å²) in [5.74, 6) is 0.919. The van der Waals surface area contributed by atoms with Crippen LogP contribution >= 0.6 is 0 Å². The van der Waals surface area contributed by atoms with Crippen LogP contribution in [0.2, 0.25) is 0 Å². The molecule has 1 unspecified atom stereocenters. The van der Waals surface area contributed by atoms with Crippen LogP contribution in [0.1, 0.15) is 58.1 Å². The number of ether oxygens (including phenoxy) is 1. The molecule has 0 spiro atoms. The average Bonchev–Trinajstić information content (AvgIpc) is 2.35. The Morgan fingerprint density at radius 1 is 1.20 bits per heavy atom. The summed E-state index contributed by atoms with van der Waals surface area (Å²) in [6.45, 7) is 8.35. The lowest BCUT2D eigenvalue weighted by Gasteiger charge is -2.28. The van der Waals surface area contributed by atoms with Gasteiger partial charge in [-0.3, -0.25) is 0 Å². The molecule has 0 saturated heterocycles. The summed E-state index contributed by atoms with van der Waals surface area (Å²) in [4.78, 5) is 0. The molecule has 0 heterocycles. The third kappa shape index (κ3) is 5.26. The number of hydrogen-bond donors (Lipinski definition) is 1. The standard InChI is InChI=1S/C18H29NO/c1-18(2,3)19-14-17(16-10-5-4-6-11-16)20-13-12-15-8-7-9-15/h4-6,10-11,15,17,19H,7-9,12-14H2,1-3H3. The zero-order valence-corrected chi connectivity index (χ0v) is 13.2. The first-order chi connectivity index (χ1) is 9.54. The Morgan fingerprint density at radius 3 is 2.45 bits per heavy atom. The van der Waals surface area contributed by atoms with E-state index in [0.29, 0.717) is 0 Å². The van der Waals surface area contributed by atoms with Gasteiger partial charge in [-0.2, -0.15) is 0 Å². The lowest BCUT2D eigenvalue weighted by atomic mass is 9.83. The Hall–Kier alpha value is -0.860. The van der Waals surface area contributed by atoms with Gasteiger partial charge in [0.1, 0.15) is 0 Å². The maximum absolute atomic E-state index is 6.17. The minimum absolute atomic E-state index is 0.129. The van der Waals surface area contributed by atoms with Crippen LogP contribution in [0.3, 0.4) is 0 Å². The molecule has 2 heteroatoms. The topological polar surface area (TPSA) is 21.3 Å². The predicted molar refractivity (Wildman–Crippen MR) is 84.8 cm³/mol. The predicted octanol–water partition coefficient (Wildman–Crippen LogP) is 4.32. The van der Waals surface area contributed by atoms with Gasteiger partial charge in [-0.1, -0.05) is 49.6 Å². The lowest BCUT2D eigenvalue weighted by molar-refractivity contribution is 0.0336. The van der Waals surface area contributed by atoms with E-state index >= 15 is 0 Å². The van der Waals surface area contributed by atoms with Crippen LogP contribution in [-0.2, 0) is 4.74 Å². The van der Waals surface area contributed by atoms with Crippen LogP contribution in [0.25, 0.3) is 0 Å². The van der Waals surface area contributed by atoms with Crippen LogP contribution < -0.4 is 5.32 Å². The smallest absolute Gasteiger partial charge is 0.0949 e. The van der Waals surface area contributed by atoms with Gasteiger partial charge in [-0.25, -0.2) is 0 Å². The minimum atomic E-state index is 0.129. The van der Waals surface area contributed by atoms with E-state index in [0.717, 1.165) is 19.1 Å². The molecule has 1 aliphatic carbocycles. The van der Waals surface area contributed by atoms with Crippen molar-refractivity contribution in [1.29, 1.82) is 0 Å². The molecule has 2 nitrogen and oxygen atoms in total. The molecule has 1 atom stereocenters. The van der Waals surface area contributed by atoms with Crippen molar-refractivity contribution in [2.75, 3.05) is 13.2 Å². The Bertz CT molecular complexity index is 378. The highest BCUT2D eigenvalue weighted by Gasteiger charge is 2.19. The zero-order chi connectivity index (χ0) is 14.4. The molecule has 1 aromatic rings. The van der Waals surface area contributed by atoms with Crippen LogP contribution in [0.15, 0.2) is 30.3 Å². The summed E-state index contributed by atoms with van der Waals surface area (Å²) in [6.07, 6.45) is 5.60. The number of hydrogen-bond acceptors (Lipinski definition) is 2. The molecule has 0 amide bonds. The first-order valence-corrected chi connectivity index (χ1v) is 7.96. The van der Waals surface area contributed by atoms with E-state index in [4.69, 9.17) is 4.74 Å². The monoisotopic (exact) mass is 275 g/mol. The van der Waals surface area contributed by atoms with Gasteiger partial charge < -0.3 is 10.1 Å². The molecule has 1 saturated carbocycles. The van der Waals surface area contributed by atoms with Crippen molar-refractivity contribution >= 4 is 0 Å². The number of nitrogens with one attached hydrogen (secondary N) is 1. The van der Waals surface area contributed by atoms with Gasteiger partial charge in [0, 0.05) is 18.7 Å². The molecule has 0 aromatic heterocycles. The minimum Gasteiger partial charge on any atom is -0.372 e. The van der Waals surface area contributed by atoms with Crippen LogP contribution in [-0.4, -0.2) is 18.7 Å². The molecule has 1 aliphatic rings. The van der Waals surface area contributed by atoms with Gasteiger partial charge in [0.05, 0.1) is 6.10 Å². The highest BCUT2D eigenvalue weighted by atomic mass is 16.5. The quantitative estimate of drug-likeness (QED) is 0.800.